The maximum atomic E-state index is 12.7. The molecule has 0 radical (unpaired) electrons. The number of phenolic OH excluding ortho intramolecular Hbond substituents is 1. The number of phenols is 1. The van der Waals surface area contributed by atoms with Crippen LogP contribution in [0.3, 0.4) is 0 Å². The first-order valence-electron chi connectivity index (χ1n) is 8.61. The summed E-state index contributed by atoms with van der Waals surface area (Å²) in [6, 6.07) is 13.2. The fraction of sp³-hybridized carbons (Fsp3) is 0.100. The number of H-pyrrole nitrogens is 1. The number of nitrogens with one attached hydrogen (secondary N) is 1. The predicted octanol–water partition coefficient (Wildman–Crippen LogP) is 2.42. The smallest absolute Gasteiger partial charge is 0.332 e. The normalized spacial score (nSPS) is 10.8. The largest absolute Gasteiger partial charge is 0.508 e. The van der Waals surface area contributed by atoms with Gasteiger partial charge < -0.3 is 14.6 Å². The van der Waals surface area contributed by atoms with Crippen LogP contribution in [0.5, 0.6) is 17.4 Å². The number of nitrogens with zero attached hydrogens (tertiary/aromatic N) is 3. The Morgan fingerprint density at radius 3 is 2.66 bits per heavy atom. The third-order valence-electron chi connectivity index (χ3n) is 4.16. The van der Waals surface area contributed by atoms with Crippen molar-refractivity contribution in [2.24, 2.45) is 0 Å². The molecular weight excluding hydrogens is 376 g/mol. The minimum Gasteiger partial charge on any atom is -0.508 e. The van der Waals surface area contributed by atoms with E-state index in [0.717, 1.165) is 0 Å². The van der Waals surface area contributed by atoms with Crippen molar-refractivity contribution in [1.82, 2.24) is 19.5 Å². The Labute approximate surface area is 164 Å². The minimum atomic E-state index is -0.596. The van der Waals surface area contributed by atoms with Gasteiger partial charge in [0.2, 0.25) is 0 Å². The molecule has 0 saturated heterocycles. The summed E-state index contributed by atoms with van der Waals surface area (Å²) in [7, 11) is 1.53. The molecule has 0 aliphatic carbocycles. The number of aromatic amines is 1. The van der Waals surface area contributed by atoms with Gasteiger partial charge in [0.1, 0.15) is 11.5 Å². The molecule has 0 amide bonds. The Morgan fingerprint density at radius 2 is 1.93 bits per heavy atom. The second-order valence-corrected chi connectivity index (χ2v) is 6.16. The third kappa shape index (κ3) is 3.41. The summed E-state index contributed by atoms with van der Waals surface area (Å²) in [5.74, 6) is 0.0902. The molecule has 0 atom stereocenters. The average Bonchev–Trinajstić information content (AvgIpc) is 3.03. The van der Waals surface area contributed by atoms with E-state index in [1.807, 2.05) is 0 Å². The Kier molecular flexibility index (Phi) is 4.47. The number of aromatic nitrogens is 4. The van der Waals surface area contributed by atoms with E-state index < -0.39 is 11.7 Å². The van der Waals surface area contributed by atoms with Crippen molar-refractivity contribution < 1.29 is 19.4 Å². The zero-order valence-corrected chi connectivity index (χ0v) is 15.5. The zero-order chi connectivity index (χ0) is 20.5. The summed E-state index contributed by atoms with van der Waals surface area (Å²) in [6.07, 6.45) is 0. The van der Waals surface area contributed by atoms with Gasteiger partial charge in [-0.3, -0.25) is 9.78 Å². The Balaban J connectivity index is 2.02. The lowest BCUT2D eigenvalue weighted by Gasteiger charge is -2.08. The molecule has 0 fully saturated rings. The van der Waals surface area contributed by atoms with Crippen LogP contribution in [0.1, 0.15) is 6.92 Å². The fourth-order valence-corrected chi connectivity index (χ4v) is 2.93. The van der Waals surface area contributed by atoms with Gasteiger partial charge in [-0.25, -0.2) is 14.3 Å². The van der Waals surface area contributed by atoms with Crippen LogP contribution in [-0.4, -0.2) is 37.7 Å². The van der Waals surface area contributed by atoms with Gasteiger partial charge >= 0.3 is 11.7 Å². The van der Waals surface area contributed by atoms with Crippen molar-refractivity contribution in [3.8, 4) is 34.5 Å². The average molecular weight is 392 g/mol. The van der Waals surface area contributed by atoms with E-state index in [1.165, 1.54) is 30.7 Å². The van der Waals surface area contributed by atoms with E-state index in [-0.39, 0.29) is 28.6 Å². The first-order valence-corrected chi connectivity index (χ1v) is 8.61. The minimum absolute atomic E-state index is 0.0273. The van der Waals surface area contributed by atoms with Gasteiger partial charge in [-0.05, 0) is 24.3 Å². The van der Waals surface area contributed by atoms with E-state index in [0.29, 0.717) is 17.0 Å². The Hall–Kier alpha value is -4.14. The standard InChI is InChI=1S/C20H16N4O5/c1-11(25)29-19-16-18(22-17(23-19)12-5-3-7-14(26)9-12)24(20(27)21-16)13-6-4-8-15(10-13)28-2/h3-10,26H,1-2H3,(H,21,27). The van der Waals surface area contributed by atoms with Crippen LogP contribution in [0.2, 0.25) is 0 Å². The van der Waals surface area contributed by atoms with Crippen molar-refractivity contribution >= 4 is 17.1 Å². The SMILES string of the molecule is COc1cccc(-n2c(=O)[nH]c3c(OC(C)=O)nc(-c4cccc(O)c4)nc32)c1. The third-order valence-corrected chi connectivity index (χ3v) is 4.16. The molecule has 0 bridgehead atoms. The number of aromatic hydroxyl groups is 1. The number of esters is 1. The number of benzene rings is 2. The van der Waals surface area contributed by atoms with Crippen LogP contribution < -0.4 is 15.2 Å². The highest BCUT2D eigenvalue weighted by atomic mass is 16.5. The molecule has 146 valence electrons. The maximum absolute atomic E-state index is 12.7. The molecule has 4 rings (SSSR count). The summed E-state index contributed by atoms with van der Waals surface area (Å²) in [5, 5.41) is 9.78. The van der Waals surface area contributed by atoms with Gasteiger partial charge in [0.25, 0.3) is 5.88 Å². The van der Waals surface area contributed by atoms with Gasteiger partial charge in [0.05, 0.1) is 12.8 Å². The van der Waals surface area contributed by atoms with Crippen molar-refractivity contribution in [3.63, 3.8) is 0 Å². The van der Waals surface area contributed by atoms with Crippen molar-refractivity contribution in [2.75, 3.05) is 7.11 Å². The molecule has 2 N–H and O–H groups in total. The van der Waals surface area contributed by atoms with Gasteiger partial charge in [-0.1, -0.05) is 18.2 Å². The first kappa shape index (κ1) is 18.2. The number of hydrogen-bond acceptors (Lipinski definition) is 7. The predicted molar refractivity (Wildman–Crippen MR) is 104 cm³/mol. The highest BCUT2D eigenvalue weighted by molar-refractivity contribution is 5.83. The number of methoxy groups -OCH3 is 1. The van der Waals surface area contributed by atoms with Crippen LogP contribution in [-0.2, 0) is 4.79 Å². The lowest BCUT2D eigenvalue weighted by Crippen LogP contribution is -2.15. The number of carbonyl (C=O) groups excluding carboxylic acids is 1. The molecule has 0 unspecified atom stereocenters. The number of ether oxygens (including phenoxy) is 2. The lowest BCUT2D eigenvalue weighted by atomic mass is 10.2. The molecule has 2 aromatic carbocycles. The lowest BCUT2D eigenvalue weighted by molar-refractivity contribution is -0.132. The van der Waals surface area contributed by atoms with E-state index in [9.17, 15) is 14.7 Å². The number of carbonyl (C=O) groups is 1. The summed E-state index contributed by atoms with van der Waals surface area (Å²) in [5.41, 5.74) is 0.912. The zero-order valence-electron chi connectivity index (χ0n) is 15.5. The Bertz CT molecular complexity index is 1290. The molecule has 2 heterocycles. The summed E-state index contributed by atoms with van der Waals surface area (Å²) >= 11 is 0. The summed E-state index contributed by atoms with van der Waals surface area (Å²) < 4.78 is 11.8. The molecular formula is C20H16N4O5. The van der Waals surface area contributed by atoms with Crippen LogP contribution in [0.25, 0.3) is 28.2 Å². The van der Waals surface area contributed by atoms with E-state index >= 15 is 0 Å². The Morgan fingerprint density at radius 1 is 1.14 bits per heavy atom. The number of fused-ring (bicyclic) bond motifs is 1. The van der Waals surface area contributed by atoms with Crippen molar-refractivity contribution in [2.45, 2.75) is 6.92 Å². The van der Waals surface area contributed by atoms with Crippen LogP contribution >= 0.6 is 0 Å². The molecule has 29 heavy (non-hydrogen) atoms. The quantitative estimate of drug-likeness (QED) is 0.512. The van der Waals surface area contributed by atoms with Crippen LogP contribution in [0.15, 0.2) is 53.3 Å². The van der Waals surface area contributed by atoms with Gasteiger partial charge in [0.15, 0.2) is 17.0 Å². The molecule has 0 saturated carbocycles. The van der Waals surface area contributed by atoms with Gasteiger partial charge in [0, 0.05) is 18.6 Å². The van der Waals surface area contributed by atoms with E-state index in [1.54, 1.807) is 36.4 Å². The monoisotopic (exact) mass is 392 g/mol. The van der Waals surface area contributed by atoms with E-state index in [4.69, 9.17) is 9.47 Å². The maximum Gasteiger partial charge on any atom is 0.332 e. The highest BCUT2D eigenvalue weighted by Gasteiger charge is 2.20. The van der Waals surface area contributed by atoms with Crippen LogP contribution in [0, 0.1) is 0 Å². The summed E-state index contributed by atoms with van der Waals surface area (Å²) in [4.78, 5) is 35.7. The molecule has 0 spiro atoms. The molecule has 2 aromatic heterocycles. The molecule has 0 aliphatic rings. The van der Waals surface area contributed by atoms with Crippen molar-refractivity contribution in [1.29, 1.82) is 0 Å². The molecule has 0 aliphatic heterocycles. The first-order chi connectivity index (χ1) is 14.0. The topological polar surface area (TPSA) is 119 Å². The molecule has 4 aromatic rings. The number of rotatable bonds is 4. The van der Waals surface area contributed by atoms with Gasteiger partial charge in [-0.2, -0.15) is 4.98 Å². The van der Waals surface area contributed by atoms with E-state index in [2.05, 4.69) is 15.0 Å². The van der Waals surface area contributed by atoms with Crippen LogP contribution in [0.4, 0.5) is 0 Å². The van der Waals surface area contributed by atoms with Gasteiger partial charge in [-0.15, -0.1) is 0 Å². The molecule has 9 heteroatoms. The number of hydrogen-bond donors (Lipinski definition) is 2. The fourth-order valence-electron chi connectivity index (χ4n) is 2.93. The number of imidazole rings is 1. The summed E-state index contributed by atoms with van der Waals surface area (Å²) in [6.45, 7) is 1.24. The molecule has 9 nitrogen and oxygen atoms in total. The van der Waals surface area contributed by atoms with Crippen molar-refractivity contribution in [3.05, 3.63) is 59.0 Å². The second kappa shape index (κ2) is 7.12. The second-order valence-electron chi connectivity index (χ2n) is 6.16. The highest BCUT2D eigenvalue weighted by Crippen LogP contribution is 2.28.